The van der Waals surface area contributed by atoms with E-state index < -0.39 is 5.97 Å². The highest BCUT2D eigenvalue weighted by atomic mass is 35.5. The average Bonchev–Trinajstić information content (AvgIpc) is 2.46. The molecule has 6 heteroatoms. The topological polar surface area (TPSA) is 62.0 Å². The first-order valence-corrected chi connectivity index (χ1v) is 7.42. The molecule has 0 saturated heterocycles. The number of carboxylic acids is 1. The van der Waals surface area contributed by atoms with Crippen LogP contribution in [0.3, 0.4) is 0 Å². The Morgan fingerprint density at radius 3 is 2.75 bits per heavy atom. The van der Waals surface area contributed by atoms with Crippen LogP contribution in [-0.2, 0) is 4.79 Å². The third-order valence-corrected chi connectivity index (χ3v) is 3.76. The van der Waals surface area contributed by atoms with E-state index in [4.69, 9.17) is 16.7 Å². The van der Waals surface area contributed by atoms with Crippen molar-refractivity contribution in [3.63, 3.8) is 0 Å². The van der Waals surface area contributed by atoms with Crippen molar-refractivity contribution < 1.29 is 9.90 Å². The molecule has 1 heterocycles. The van der Waals surface area contributed by atoms with E-state index in [1.54, 1.807) is 30.5 Å². The maximum absolute atomic E-state index is 10.7. The maximum Gasteiger partial charge on any atom is 0.313 e. The van der Waals surface area contributed by atoms with E-state index in [0.717, 1.165) is 24.2 Å². The zero-order chi connectivity index (χ0) is 14.4. The second-order valence-corrected chi connectivity index (χ2v) is 5.48. The van der Waals surface area contributed by atoms with Gasteiger partial charge in [-0.1, -0.05) is 29.4 Å². The van der Waals surface area contributed by atoms with Crippen molar-refractivity contribution in [2.45, 2.75) is 12.8 Å². The Bertz CT molecular complexity index is 579. The standard InChI is InChI=1S/C14H13ClN2O2S/c15-10-4-6-11(7-5-10)17-14(20-9-13(18)19)12-3-1-2-8-16-12/h2,4-8H,1,3,9H2,(H,18,19). The smallest absolute Gasteiger partial charge is 0.313 e. The van der Waals surface area contributed by atoms with Gasteiger partial charge in [-0.25, -0.2) is 4.99 Å². The highest BCUT2D eigenvalue weighted by Crippen LogP contribution is 2.21. The highest BCUT2D eigenvalue weighted by molar-refractivity contribution is 8.16. The van der Waals surface area contributed by atoms with Crippen molar-refractivity contribution in [3.05, 3.63) is 41.6 Å². The first-order chi connectivity index (χ1) is 9.65. The lowest BCUT2D eigenvalue weighted by Crippen LogP contribution is -2.14. The van der Waals surface area contributed by atoms with E-state index in [-0.39, 0.29) is 5.75 Å². The Kier molecular flexibility index (Phi) is 5.38. The number of nitrogens with zero attached hydrogens (tertiary/aromatic N) is 2. The Labute approximate surface area is 126 Å². The number of carboxylic acid groups (broad SMARTS) is 1. The number of allylic oxidation sites excluding steroid dienone is 1. The summed E-state index contributed by atoms with van der Waals surface area (Å²) in [5.41, 5.74) is 1.56. The largest absolute Gasteiger partial charge is 0.481 e. The molecular formula is C14H13ClN2O2S. The normalized spacial score (nSPS) is 15.1. The number of benzene rings is 1. The Morgan fingerprint density at radius 2 is 2.15 bits per heavy atom. The summed E-state index contributed by atoms with van der Waals surface area (Å²) in [4.78, 5) is 19.5. The predicted molar refractivity (Wildman–Crippen MR) is 84.4 cm³/mol. The number of halogens is 1. The molecule has 104 valence electrons. The molecule has 1 aromatic carbocycles. The van der Waals surface area contributed by atoms with E-state index in [2.05, 4.69) is 9.98 Å². The van der Waals surface area contributed by atoms with Gasteiger partial charge in [0.1, 0.15) is 5.04 Å². The summed E-state index contributed by atoms with van der Waals surface area (Å²) in [6.07, 6.45) is 5.38. The minimum Gasteiger partial charge on any atom is -0.481 e. The van der Waals surface area contributed by atoms with E-state index in [1.165, 1.54) is 11.8 Å². The monoisotopic (exact) mass is 308 g/mol. The molecule has 0 atom stereocenters. The Balaban J connectivity index is 2.24. The van der Waals surface area contributed by atoms with Crippen LogP contribution < -0.4 is 0 Å². The van der Waals surface area contributed by atoms with Crippen LogP contribution in [0.1, 0.15) is 12.8 Å². The van der Waals surface area contributed by atoms with Crippen molar-refractivity contribution >= 4 is 45.8 Å². The van der Waals surface area contributed by atoms with Crippen LogP contribution in [0.4, 0.5) is 5.69 Å². The van der Waals surface area contributed by atoms with Gasteiger partial charge in [0, 0.05) is 11.2 Å². The number of aliphatic carboxylic acids is 1. The first kappa shape index (κ1) is 14.8. The molecule has 20 heavy (non-hydrogen) atoms. The van der Waals surface area contributed by atoms with Gasteiger partial charge in [-0.3, -0.25) is 9.79 Å². The Hall–Kier alpha value is -1.59. The van der Waals surface area contributed by atoms with Gasteiger partial charge in [-0.15, -0.1) is 0 Å². The molecule has 0 unspecified atom stereocenters. The van der Waals surface area contributed by atoms with Crippen molar-refractivity contribution in [1.82, 2.24) is 0 Å². The van der Waals surface area contributed by atoms with Crippen LogP contribution in [-0.4, -0.2) is 27.6 Å². The van der Waals surface area contributed by atoms with Gasteiger partial charge < -0.3 is 5.11 Å². The lowest BCUT2D eigenvalue weighted by molar-refractivity contribution is -0.133. The summed E-state index contributed by atoms with van der Waals surface area (Å²) < 4.78 is 0. The van der Waals surface area contributed by atoms with Crippen LogP contribution in [0.5, 0.6) is 0 Å². The number of thioether (sulfide) groups is 1. The summed E-state index contributed by atoms with van der Waals surface area (Å²) >= 11 is 7.02. The zero-order valence-corrected chi connectivity index (χ0v) is 12.2. The molecule has 2 rings (SSSR count). The number of rotatable bonds is 4. The molecule has 0 fully saturated rings. The van der Waals surface area contributed by atoms with Gasteiger partial charge in [0.25, 0.3) is 0 Å². The number of aliphatic imine (C=N–C) groups is 2. The van der Waals surface area contributed by atoms with Gasteiger partial charge in [0.05, 0.1) is 17.2 Å². The molecule has 1 aliphatic rings. The quantitative estimate of drug-likeness (QED) is 0.677. The van der Waals surface area contributed by atoms with E-state index in [0.29, 0.717) is 10.1 Å². The average molecular weight is 309 g/mol. The van der Waals surface area contributed by atoms with Gasteiger partial charge >= 0.3 is 5.97 Å². The number of hydrogen-bond acceptors (Lipinski definition) is 4. The van der Waals surface area contributed by atoms with Crippen molar-refractivity contribution in [2.75, 3.05) is 5.75 Å². The second-order valence-electron chi connectivity index (χ2n) is 4.08. The van der Waals surface area contributed by atoms with Gasteiger partial charge in [-0.2, -0.15) is 0 Å². The van der Waals surface area contributed by atoms with Crippen LogP contribution in [0.2, 0.25) is 5.02 Å². The predicted octanol–water partition coefficient (Wildman–Crippen LogP) is 3.94. The van der Waals surface area contributed by atoms with E-state index in [9.17, 15) is 4.79 Å². The van der Waals surface area contributed by atoms with Crippen LogP contribution in [0.15, 0.2) is 46.5 Å². The molecule has 0 aromatic heterocycles. The number of carbonyl (C=O) groups is 1. The van der Waals surface area contributed by atoms with Crippen LogP contribution >= 0.6 is 23.4 Å². The summed E-state index contributed by atoms with van der Waals surface area (Å²) in [5.74, 6) is -0.902. The second kappa shape index (κ2) is 7.26. The first-order valence-electron chi connectivity index (χ1n) is 6.06. The van der Waals surface area contributed by atoms with Crippen molar-refractivity contribution in [2.24, 2.45) is 9.98 Å². The number of hydrogen-bond donors (Lipinski definition) is 1. The molecule has 1 aliphatic heterocycles. The maximum atomic E-state index is 10.7. The van der Waals surface area contributed by atoms with Gasteiger partial charge in [0.15, 0.2) is 0 Å². The van der Waals surface area contributed by atoms with Crippen LogP contribution in [0.25, 0.3) is 0 Å². The lowest BCUT2D eigenvalue weighted by atomic mass is 10.2. The third kappa shape index (κ3) is 4.51. The van der Waals surface area contributed by atoms with Crippen LogP contribution in [0, 0.1) is 0 Å². The van der Waals surface area contributed by atoms with Gasteiger partial charge in [0.2, 0.25) is 0 Å². The van der Waals surface area contributed by atoms with E-state index in [1.807, 2.05) is 6.08 Å². The molecule has 0 amide bonds. The van der Waals surface area contributed by atoms with E-state index >= 15 is 0 Å². The zero-order valence-electron chi connectivity index (χ0n) is 10.6. The fourth-order valence-corrected chi connectivity index (χ4v) is 2.48. The summed E-state index contributed by atoms with van der Waals surface area (Å²) in [6, 6.07) is 7.09. The highest BCUT2D eigenvalue weighted by Gasteiger charge is 2.13. The SMILES string of the molecule is O=C(O)CSC(=Nc1ccc(Cl)cc1)C1=NC=CCC1. The molecule has 0 radical (unpaired) electrons. The van der Waals surface area contributed by atoms with Crippen molar-refractivity contribution in [1.29, 1.82) is 0 Å². The fourth-order valence-electron chi connectivity index (χ4n) is 1.61. The Morgan fingerprint density at radius 1 is 1.40 bits per heavy atom. The molecule has 0 bridgehead atoms. The minimum absolute atomic E-state index is 0.0326. The molecule has 1 N–H and O–H groups in total. The lowest BCUT2D eigenvalue weighted by Gasteiger charge is -2.10. The molecule has 0 aliphatic carbocycles. The molecule has 0 spiro atoms. The van der Waals surface area contributed by atoms with Crippen molar-refractivity contribution in [3.8, 4) is 0 Å². The summed E-state index contributed by atoms with van der Waals surface area (Å²) in [6.45, 7) is 0. The minimum atomic E-state index is -0.870. The fraction of sp³-hybridized carbons (Fsp3) is 0.214. The third-order valence-electron chi connectivity index (χ3n) is 2.52. The summed E-state index contributed by atoms with van der Waals surface area (Å²) in [7, 11) is 0. The summed E-state index contributed by atoms with van der Waals surface area (Å²) in [5, 5.41) is 10.1. The van der Waals surface area contributed by atoms with Gasteiger partial charge in [-0.05, 0) is 37.1 Å². The molecule has 1 aromatic rings. The molecule has 4 nitrogen and oxygen atoms in total. The molecular weight excluding hydrogens is 296 g/mol. The molecule has 0 saturated carbocycles.